The Morgan fingerprint density at radius 2 is 1.22 bits per heavy atom. The quantitative estimate of drug-likeness (QED) is 0.194. The highest BCUT2D eigenvalue weighted by molar-refractivity contribution is 7.97. The second-order valence-electron chi connectivity index (χ2n) is 12.4. The number of hydrogen-bond acceptors (Lipinski definition) is 3. The normalized spacial score (nSPS) is 25.3. The van der Waals surface area contributed by atoms with Crippen LogP contribution in [0.15, 0.2) is 99.6 Å². The Kier molecular flexibility index (Phi) is 9.50. The summed E-state index contributed by atoms with van der Waals surface area (Å²) in [5.74, 6) is 2.70. The van der Waals surface area contributed by atoms with E-state index in [-0.39, 0.29) is 21.8 Å². The van der Waals surface area contributed by atoms with Gasteiger partial charge in [0.1, 0.15) is 0 Å². The molecule has 2 N–H and O–H groups in total. The van der Waals surface area contributed by atoms with Crippen molar-refractivity contribution in [1.29, 1.82) is 0 Å². The summed E-state index contributed by atoms with van der Waals surface area (Å²) in [6.45, 7) is 11.4. The molecule has 5 rings (SSSR count). The highest BCUT2D eigenvalue weighted by Gasteiger charge is 2.40. The van der Waals surface area contributed by atoms with Crippen LogP contribution in [0.1, 0.15) is 72.3 Å². The Balaban J connectivity index is 0.000000195. The Hall–Kier alpha value is -1.72. The Bertz CT molecular complexity index is 1040. The molecule has 0 radical (unpaired) electrons. The largest absolute Gasteiger partial charge is 0.317 e. The van der Waals surface area contributed by atoms with E-state index in [0.29, 0.717) is 0 Å². The average molecular weight is 535 g/mol. The van der Waals surface area contributed by atoms with Crippen molar-refractivity contribution in [3.63, 3.8) is 0 Å². The van der Waals surface area contributed by atoms with Crippen LogP contribution < -0.4 is 4.72 Å². The van der Waals surface area contributed by atoms with Gasteiger partial charge in [0.15, 0.2) is 14.7 Å². The van der Waals surface area contributed by atoms with Crippen molar-refractivity contribution in [3.05, 3.63) is 90.5 Å². The highest BCUT2D eigenvalue weighted by atomic mass is 32.2. The molecule has 2 aliphatic rings. The standard InChI is InChI=1S/C22H23S.C11H21NOS/c1-22(2,3)18-14-16-21(17-15-18)23(19-10-6-4-7-11-19)20-12-8-5-9-13-20;1-8-3-9-5-10(4-8)7-11(2,6-9)12-14-13/h4-17H,1-3H3;8-10,12-13H,3-7H2,1-2H3/q+1;. The zero-order chi connectivity index (χ0) is 26.5. The van der Waals surface area contributed by atoms with Gasteiger partial charge in [0, 0.05) is 5.54 Å². The molecule has 2 nitrogen and oxygen atoms in total. The van der Waals surface area contributed by atoms with Crippen LogP contribution in [0.4, 0.5) is 0 Å². The first-order valence-corrected chi connectivity index (χ1v) is 15.7. The Labute approximate surface area is 232 Å². The summed E-state index contributed by atoms with van der Waals surface area (Å²) >= 11 is 0.796. The van der Waals surface area contributed by atoms with E-state index in [4.69, 9.17) is 4.55 Å². The van der Waals surface area contributed by atoms with E-state index in [1.165, 1.54) is 52.4 Å². The molecular weight excluding hydrogens is 491 g/mol. The fourth-order valence-electron chi connectivity index (χ4n) is 6.40. The van der Waals surface area contributed by atoms with Gasteiger partial charge in [-0.2, -0.15) is 0 Å². The molecule has 2 unspecified atom stereocenters. The van der Waals surface area contributed by atoms with Crippen LogP contribution >= 0.6 is 12.2 Å². The van der Waals surface area contributed by atoms with Gasteiger partial charge in [-0.15, -0.1) is 0 Å². The molecule has 198 valence electrons. The first kappa shape index (κ1) is 28.3. The third kappa shape index (κ3) is 7.66. The van der Waals surface area contributed by atoms with Crippen molar-refractivity contribution >= 4 is 23.1 Å². The van der Waals surface area contributed by atoms with Crippen LogP contribution in [0.5, 0.6) is 0 Å². The molecule has 0 aromatic heterocycles. The lowest BCUT2D eigenvalue weighted by molar-refractivity contribution is 0.0863. The van der Waals surface area contributed by atoms with Crippen molar-refractivity contribution in [2.45, 2.75) is 92.4 Å². The van der Waals surface area contributed by atoms with Gasteiger partial charge in [-0.05, 0) is 104 Å². The van der Waals surface area contributed by atoms with E-state index in [9.17, 15) is 0 Å². The predicted octanol–water partition coefficient (Wildman–Crippen LogP) is 9.38. The summed E-state index contributed by atoms with van der Waals surface area (Å²) in [6.07, 6.45) is 6.69. The van der Waals surface area contributed by atoms with E-state index in [0.717, 1.165) is 30.0 Å². The first-order valence-electron chi connectivity index (χ1n) is 13.7. The smallest absolute Gasteiger partial charge is 0.166 e. The Morgan fingerprint density at radius 3 is 1.65 bits per heavy atom. The van der Waals surface area contributed by atoms with Crippen molar-refractivity contribution in [2.75, 3.05) is 0 Å². The zero-order valence-electron chi connectivity index (χ0n) is 23.1. The fraction of sp³-hybridized carbons (Fsp3) is 0.455. The van der Waals surface area contributed by atoms with Gasteiger partial charge in [0.2, 0.25) is 0 Å². The second kappa shape index (κ2) is 12.4. The molecule has 0 spiro atoms. The average Bonchev–Trinajstić information content (AvgIpc) is 2.85. The van der Waals surface area contributed by atoms with Crippen LogP contribution in [0.3, 0.4) is 0 Å². The van der Waals surface area contributed by atoms with Crippen LogP contribution in [0.25, 0.3) is 0 Å². The highest BCUT2D eigenvalue weighted by Crippen LogP contribution is 2.46. The van der Waals surface area contributed by atoms with E-state index >= 15 is 0 Å². The fourth-order valence-corrected chi connectivity index (χ4v) is 8.87. The molecule has 0 aliphatic heterocycles. The predicted molar refractivity (Wildman–Crippen MR) is 161 cm³/mol. The molecule has 2 fully saturated rings. The molecule has 2 saturated carbocycles. The van der Waals surface area contributed by atoms with E-state index in [2.05, 4.69) is 124 Å². The monoisotopic (exact) mass is 534 g/mol. The first-order chi connectivity index (χ1) is 17.7. The van der Waals surface area contributed by atoms with Gasteiger partial charge < -0.3 is 4.55 Å². The van der Waals surface area contributed by atoms with Crippen LogP contribution in [-0.2, 0) is 16.3 Å². The van der Waals surface area contributed by atoms with Gasteiger partial charge in [0.25, 0.3) is 0 Å². The molecule has 2 bridgehead atoms. The molecule has 4 heteroatoms. The maximum atomic E-state index is 8.90. The molecule has 2 atom stereocenters. The van der Waals surface area contributed by atoms with Crippen LogP contribution in [-0.4, -0.2) is 10.1 Å². The van der Waals surface area contributed by atoms with Gasteiger partial charge in [0.05, 0.1) is 23.1 Å². The molecule has 0 heterocycles. The number of benzene rings is 3. The van der Waals surface area contributed by atoms with Gasteiger partial charge in [-0.1, -0.05) is 76.2 Å². The minimum Gasteiger partial charge on any atom is -0.317 e. The summed E-state index contributed by atoms with van der Waals surface area (Å²) in [7, 11) is -0.0497. The number of rotatable bonds is 5. The number of hydrogen-bond donors (Lipinski definition) is 2. The van der Waals surface area contributed by atoms with Crippen molar-refractivity contribution in [2.24, 2.45) is 17.8 Å². The summed E-state index contributed by atoms with van der Waals surface area (Å²) in [6, 6.07) is 30.7. The molecule has 3 aromatic carbocycles. The molecule has 37 heavy (non-hydrogen) atoms. The minimum absolute atomic E-state index is 0.0497. The summed E-state index contributed by atoms with van der Waals surface area (Å²) in [4.78, 5) is 4.10. The molecular formula is C33H44NOS2+. The summed E-state index contributed by atoms with van der Waals surface area (Å²) in [5.41, 5.74) is 1.75. The van der Waals surface area contributed by atoms with Crippen LogP contribution in [0.2, 0.25) is 0 Å². The topological polar surface area (TPSA) is 32.3 Å². The van der Waals surface area contributed by atoms with E-state index in [1.807, 2.05) is 0 Å². The maximum Gasteiger partial charge on any atom is 0.166 e. The van der Waals surface area contributed by atoms with Gasteiger partial charge in [-0.3, -0.25) is 0 Å². The second-order valence-corrected chi connectivity index (χ2v) is 14.8. The third-order valence-electron chi connectivity index (χ3n) is 7.82. The summed E-state index contributed by atoms with van der Waals surface area (Å²) < 4.78 is 12.1. The van der Waals surface area contributed by atoms with Crippen molar-refractivity contribution in [3.8, 4) is 0 Å². The maximum absolute atomic E-state index is 8.90. The molecule has 0 amide bonds. The molecule has 3 aromatic rings. The molecule has 2 aliphatic carbocycles. The van der Waals surface area contributed by atoms with E-state index < -0.39 is 0 Å². The molecule has 0 saturated heterocycles. The van der Waals surface area contributed by atoms with Gasteiger partial charge >= 0.3 is 0 Å². The minimum atomic E-state index is -0.0497. The lowest BCUT2D eigenvalue weighted by atomic mass is 9.63. The van der Waals surface area contributed by atoms with Crippen LogP contribution in [0, 0.1) is 17.8 Å². The Morgan fingerprint density at radius 1 is 0.757 bits per heavy atom. The zero-order valence-corrected chi connectivity index (χ0v) is 24.7. The third-order valence-corrected chi connectivity index (χ3v) is 10.6. The number of nitrogens with one attached hydrogen (secondary N) is 1. The lowest BCUT2D eigenvalue weighted by Crippen LogP contribution is -2.47. The SMILES string of the molecule is CC(C)(C)c1ccc([S+](c2ccccc2)c2ccccc2)cc1.CC1CC2CC(C1)CC(C)(NSO)C2. The van der Waals surface area contributed by atoms with Gasteiger partial charge in [-0.25, -0.2) is 4.72 Å². The van der Waals surface area contributed by atoms with Crippen molar-refractivity contribution in [1.82, 2.24) is 4.72 Å². The van der Waals surface area contributed by atoms with Crippen molar-refractivity contribution < 1.29 is 4.55 Å². The number of fused-ring (bicyclic) bond motifs is 2. The van der Waals surface area contributed by atoms with E-state index in [1.54, 1.807) is 0 Å². The summed E-state index contributed by atoms with van der Waals surface area (Å²) in [5, 5.41) is 0. The lowest BCUT2D eigenvalue weighted by Gasteiger charge is -2.47.